The maximum absolute atomic E-state index is 4.71. The summed E-state index contributed by atoms with van der Waals surface area (Å²) in [7, 11) is 0. The monoisotopic (exact) mass is 139 g/mol. The molecule has 0 spiro atoms. The van der Waals surface area contributed by atoms with Gasteiger partial charge in [-0.3, -0.25) is 4.52 Å². The Morgan fingerprint density at radius 3 is 3.10 bits per heavy atom. The molecule has 0 fully saturated rings. The van der Waals surface area contributed by atoms with Crippen LogP contribution < -0.4 is 5.10 Å². The fraction of sp³-hybridized carbons (Fsp3) is 0. The maximum atomic E-state index is 4.71. The molecular weight excluding hydrogens is 136 g/mol. The first-order valence-electron chi connectivity index (χ1n) is 2.57. The summed E-state index contributed by atoms with van der Waals surface area (Å²) < 4.78 is 9.19. The van der Waals surface area contributed by atoms with Gasteiger partial charge in [-0.2, -0.15) is 0 Å². The van der Waals surface area contributed by atoms with Gasteiger partial charge in [-0.05, 0) is 0 Å². The van der Waals surface area contributed by atoms with Crippen molar-refractivity contribution in [2.75, 3.05) is 0 Å². The highest BCUT2D eigenvalue weighted by Crippen LogP contribution is 2.10. The van der Waals surface area contributed by atoms with E-state index in [1.165, 1.54) is 6.26 Å². The number of nitrogens with one attached hydrogen (secondary N) is 1. The average molecular weight is 139 g/mol. The van der Waals surface area contributed by atoms with E-state index in [-0.39, 0.29) is 0 Å². The smallest absolute Gasteiger partial charge is 0.260 e. The Balaban J connectivity index is 2.48. The summed E-state index contributed by atoms with van der Waals surface area (Å²) in [5.41, 5.74) is 0.522. The summed E-state index contributed by atoms with van der Waals surface area (Å²) >= 11 is 0. The molecule has 10 heavy (non-hydrogen) atoms. The van der Waals surface area contributed by atoms with Crippen LogP contribution in [0.4, 0.5) is 0 Å². The fourth-order valence-corrected chi connectivity index (χ4v) is 0.580. The molecule has 2 aromatic heterocycles. The zero-order valence-corrected chi connectivity index (χ0v) is 4.81. The summed E-state index contributed by atoms with van der Waals surface area (Å²) in [6.45, 7) is 0. The Morgan fingerprint density at radius 2 is 2.50 bits per heavy atom. The van der Waals surface area contributed by atoms with Crippen molar-refractivity contribution < 1.29 is 14.1 Å². The number of rotatable bonds is 1. The summed E-state index contributed by atoms with van der Waals surface area (Å²) in [6.07, 6.45) is 2.92. The zero-order valence-electron chi connectivity index (χ0n) is 4.81. The van der Waals surface area contributed by atoms with E-state index in [0.717, 1.165) is 0 Å². The molecule has 0 saturated carbocycles. The lowest BCUT2D eigenvalue weighted by atomic mass is 10.4. The van der Waals surface area contributed by atoms with Crippen molar-refractivity contribution in [3.8, 4) is 11.5 Å². The maximum Gasteiger partial charge on any atom is 0.260 e. The largest absolute Gasteiger partial charge is 0.345 e. The zero-order chi connectivity index (χ0) is 6.81. The van der Waals surface area contributed by atoms with Crippen LogP contribution in [0.2, 0.25) is 0 Å². The standard InChI is InChI=1S/C4H2N4O2/c1-4(10-7-5-1)3-2-9-8-6-3/h1-2H/p+1. The second-order valence-corrected chi connectivity index (χ2v) is 1.61. The highest BCUT2D eigenvalue weighted by molar-refractivity contribution is 5.45. The van der Waals surface area contributed by atoms with Gasteiger partial charge in [-0.15, -0.1) is 5.10 Å². The lowest BCUT2D eigenvalue weighted by molar-refractivity contribution is -0.471. The molecule has 6 heteroatoms. The third kappa shape index (κ3) is 0.661. The van der Waals surface area contributed by atoms with Crippen LogP contribution in [0.25, 0.3) is 11.5 Å². The van der Waals surface area contributed by atoms with Crippen LogP contribution in [0.5, 0.6) is 0 Å². The van der Waals surface area contributed by atoms with Crippen molar-refractivity contribution in [2.24, 2.45) is 0 Å². The molecule has 50 valence electrons. The van der Waals surface area contributed by atoms with Crippen molar-refractivity contribution in [2.45, 2.75) is 0 Å². The van der Waals surface area contributed by atoms with Crippen molar-refractivity contribution in [3.05, 3.63) is 12.5 Å². The average Bonchev–Trinajstić information content (AvgIpc) is 2.59. The predicted octanol–water partition coefficient (Wildman–Crippen LogP) is -0.461. The van der Waals surface area contributed by atoms with Crippen LogP contribution in [0, 0.1) is 0 Å². The predicted molar refractivity (Wildman–Crippen MR) is 26.4 cm³/mol. The summed E-state index contributed by atoms with van der Waals surface area (Å²) in [5.74, 6) is 0.501. The van der Waals surface area contributed by atoms with E-state index < -0.39 is 0 Å². The molecule has 0 aliphatic heterocycles. The molecule has 0 radical (unpaired) electrons. The molecule has 0 bridgehead atoms. The molecule has 0 atom stereocenters. The molecular formula is C4H3N4O2+. The Bertz CT molecular complexity index is 255. The Kier molecular flexibility index (Phi) is 0.970. The third-order valence-electron chi connectivity index (χ3n) is 1.00. The van der Waals surface area contributed by atoms with Crippen LogP contribution in [0.3, 0.4) is 0 Å². The van der Waals surface area contributed by atoms with E-state index in [9.17, 15) is 0 Å². The van der Waals surface area contributed by atoms with Crippen LogP contribution in [0.15, 0.2) is 21.5 Å². The minimum absolute atomic E-state index is 0.501. The second-order valence-electron chi connectivity index (χ2n) is 1.61. The van der Waals surface area contributed by atoms with Gasteiger partial charge in [0.1, 0.15) is 0 Å². The number of H-pyrrole nitrogens is 1. The minimum atomic E-state index is 0.501. The Labute approximate surface area is 54.8 Å². The number of hydrogen-bond acceptors (Lipinski definition) is 5. The quantitative estimate of drug-likeness (QED) is 0.534. The molecule has 0 amide bonds. The van der Waals surface area contributed by atoms with Gasteiger partial charge < -0.3 is 4.52 Å². The molecule has 0 aromatic carbocycles. The normalized spacial score (nSPS) is 10.0. The molecule has 2 heterocycles. The first-order valence-corrected chi connectivity index (χ1v) is 2.57. The molecule has 0 aliphatic rings. The lowest BCUT2D eigenvalue weighted by Gasteiger charge is -1.72. The third-order valence-corrected chi connectivity index (χ3v) is 1.00. The van der Waals surface area contributed by atoms with Crippen molar-refractivity contribution in [1.82, 2.24) is 15.6 Å². The lowest BCUT2D eigenvalue weighted by Crippen LogP contribution is -1.96. The summed E-state index contributed by atoms with van der Waals surface area (Å²) in [6, 6.07) is 0. The number of aromatic nitrogens is 4. The minimum Gasteiger partial charge on any atom is -0.345 e. The molecule has 0 saturated heterocycles. The molecule has 6 nitrogen and oxygen atoms in total. The van der Waals surface area contributed by atoms with Crippen molar-refractivity contribution in [3.63, 3.8) is 0 Å². The van der Waals surface area contributed by atoms with Gasteiger partial charge in [0.05, 0.1) is 0 Å². The Morgan fingerprint density at radius 1 is 1.50 bits per heavy atom. The van der Waals surface area contributed by atoms with Crippen molar-refractivity contribution in [1.29, 1.82) is 0 Å². The molecule has 2 aromatic rings. The first kappa shape index (κ1) is 5.10. The molecule has 0 aliphatic carbocycles. The van der Waals surface area contributed by atoms with E-state index in [2.05, 4.69) is 25.3 Å². The summed E-state index contributed by atoms with van der Waals surface area (Å²) in [4.78, 5) is 0. The van der Waals surface area contributed by atoms with Gasteiger partial charge in [0.25, 0.3) is 5.76 Å². The topological polar surface area (TPSA) is 79.1 Å². The van der Waals surface area contributed by atoms with Gasteiger partial charge in [0, 0.05) is 5.27 Å². The van der Waals surface area contributed by atoms with Gasteiger partial charge in [0.15, 0.2) is 17.2 Å². The summed E-state index contributed by atoms with van der Waals surface area (Å²) in [5, 5.41) is 12.7. The molecule has 0 unspecified atom stereocenters. The van der Waals surface area contributed by atoms with Crippen molar-refractivity contribution >= 4 is 0 Å². The van der Waals surface area contributed by atoms with Gasteiger partial charge in [-0.25, -0.2) is 0 Å². The van der Waals surface area contributed by atoms with E-state index in [1.807, 2.05) is 0 Å². The van der Waals surface area contributed by atoms with Crippen LogP contribution in [-0.4, -0.2) is 15.6 Å². The van der Waals surface area contributed by atoms with E-state index in [4.69, 9.17) is 4.52 Å². The highest BCUT2D eigenvalue weighted by atomic mass is 16.5. The van der Waals surface area contributed by atoms with Crippen LogP contribution in [-0.2, 0) is 0 Å². The van der Waals surface area contributed by atoms with E-state index in [0.29, 0.717) is 11.5 Å². The highest BCUT2D eigenvalue weighted by Gasteiger charge is 2.09. The first-order chi connectivity index (χ1) is 4.97. The number of aromatic amines is 1. The second kappa shape index (κ2) is 1.90. The number of nitrogens with zero attached hydrogens (tertiary/aromatic N) is 3. The SMILES string of the molecule is c1onnc1-c1c[nH+]no1. The van der Waals surface area contributed by atoms with Gasteiger partial charge in [-0.1, -0.05) is 5.10 Å². The Hall–Kier alpha value is -1.72. The molecule has 1 N–H and O–H groups in total. The number of hydrogen-bond donors (Lipinski definition) is 0. The molecule has 2 rings (SSSR count). The van der Waals surface area contributed by atoms with Crippen LogP contribution >= 0.6 is 0 Å². The fourth-order valence-electron chi connectivity index (χ4n) is 0.580. The van der Waals surface area contributed by atoms with Crippen LogP contribution in [0.1, 0.15) is 0 Å². The van der Waals surface area contributed by atoms with E-state index in [1.54, 1.807) is 6.20 Å². The van der Waals surface area contributed by atoms with E-state index >= 15 is 0 Å². The van der Waals surface area contributed by atoms with Gasteiger partial charge >= 0.3 is 0 Å². The van der Waals surface area contributed by atoms with Gasteiger partial charge in [0.2, 0.25) is 6.20 Å².